The first-order chi connectivity index (χ1) is 7.13. The van der Waals surface area contributed by atoms with Crippen molar-refractivity contribution in [3.05, 3.63) is 18.3 Å². The van der Waals surface area contributed by atoms with Crippen LogP contribution in [-0.2, 0) is 0 Å². The number of nitrogens with zero attached hydrogens (tertiary/aromatic N) is 1. The van der Waals surface area contributed by atoms with E-state index in [1.54, 1.807) is 12.3 Å². The Morgan fingerprint density at radius 1 is 1.47 bits per heavy atom. The second-order valence-electron chi connectivity index (χ2n) is 3.98. The quantitative estimate of drug-likeness (QED) is 0.687. The number of hydrogen-bond acceptors (Lipinski definition) is 4. The van der Waals surface area contributed by atoms with E-state index in [4.69, 9.17) is 10.8 Å². The maximum atomic E-state index is 8.93. The van der Waals surface area contributed by atoms with E-state index in [9.17, 15) is 0 Å². The van der Waals surface area contributed by atoms with Crippen LogP contribution in [0.1, 0.15) is 20.3 Å². The normalized spacial score (nSPS) is 12.8. The average molecular weight is 209 g/mol. The molecule has 0 bridgehead atoms. The van der Waals surface area contributed by atoms with Crippen molar-refractivity contribution in [1.82, 2.24) is 4.98 Å². The fraction of sp³-hybridized carbons (Fsp3) is 0.545. The van der Waals surface area contributed by atoms with E-state index < -0.39 is 0 Å². The summed E-state index contributed by atoms with van der Waals surface area (Å²) < 4.78 is 0. The molecule has 15 heavy (non-hydrogen) atoms. The molecule has 84 valence electrons. The SMILES string of the molecule is CC(C)C(CCO)Nc1ccc(N)nc1. The topological polar surface area (TPSA) is 71.2 Å². The third-order valence-electron chi connectivity index (χ3n) is 2.38. The van der Waals surface area contributed by atoms with Gasteiger partial charge in [-0.3, -0.25) is 0 Å². The van der Waals surface area contributed by atoms with Gasteiger partial charge < -0.3 is 16.2 Å². The molecule has 1 unspecified atom stereocenters. The van der Waals surface area contributed by atoms with Gasteiger partial charge in [-0.15, -0.1) is 0 Å². The van der Waals surface area contributed by atoms with Crippen LogP contribution in [0.25, 0.3) is 0 Å². The number of nitrogens with one attached hydrogen (secondary N) is 1. The minimum Gasteiger partial charge on any atom is -0.396 e. The molecule has 1 rings (SSSR count). The summed E-state index contributed by atoms with van der Waals surface area (Å²) in [5.74, 6) is 0.985. The van der Waals surface area contributed by atoms with Crippen molar-refractivity contribution in [3.63, 3.8) is 0 Å². The Balaban J connectivity index is 2.61. The third-order valence-corrected chi connectivity index (χ3v) is 2.38. The first-order valence-corrected chi connectivity index (χ1v) is 5.22. The number of anilines is 2. The molecule has 0 fully saturated rings. The molecule has 1 heterocycles. The summed E-state index contributed by atoms with van der Waals surface area (Å²) in [4.78, 5) is 4.00. The molecule has 0 aliphatic rings. The Hall–Kier alpha value is -1.29. The highest BCUT2D eigenvalue weighted by atomic mass is 16.3. The zero-order valence-electron chi connectivity index (χ0n) is 9.27. The summed E-state index contributed by atoms with van der Waals surface area (Å²) in [6.07, 6.45) is 2.45. The van der Waals surface area contributed by atoms with Crippen LogP contribution < -0.4 is 11.1 Å². The molecule has 0 saturated carbocycles. The minimum absolute atomic E-state index is 0.193. The summed E-state index contributed by atoms with van der Waals surface area (Å²) in [6.45, 7) is 4.44. The van der Waals surface area contributed by atoms with Gasteiger partial charge in [0.25, 0.3) is 0 Å². The number of aliphatic hydroxyl groups excluding tert-OH is 1. The summed E-state index contributed by atoms with van der Waals surface area (Å²) in [6, 6.07) is 3.92. The Morgan fingerprint density at radius 3 is 2.67 bits per heavy atom. The van der Waals surface area contributed by atoms with E-state index in [2.05, 4.69) is 24.1 Å². The number of nitrogen functional groups attached to an aromatic ring is 1. The van der Waals surface area contributed by atoms with E-state index in [1.165, 1.54) is 0 Å². The molecular formula is C11H19N3O. The van der Waals surface area contributed by atoms with Crippen molar-refractivity contribution >= 4 is 11.5 Å². The van der Waals surface area contributed by atoms with Crippen LogP contribution in [0.15, 0.2) is 18.3 Å². The standard InChI is InChI=1S/C11H19N3O/c1-8(2)10(5-6-15)14-9-3-4-11(12)13-7-9/h3-4,7-8,10,14-15H,5-6H2,1-2H3,(H2,12,13). The zero-order valence-corrected chi connectivity index (χ0v) is 9.27. The van der Waals surface area contributed by atoms with Crippen molar-refractivity contribution in [2.24, 2.45) is 5.92 Å². The minimum atomic E-state index is 0.193. The van der Waals surface area contributed by atoms with Crippen LogP contribution >= 0.6 is 0 Å². The van der Waals surface area contributed by atoms with Gasteiger partial charge in [0.15, 0.2) is 0 Å². The molecule has 0 radical (unpaired) electrons. The number of aromatic nitrogens is 1. The maximum absolute atomic E-state index is 8.93. The van der Waals surface area contributed by atoms with Gasteiger partial charge in [0.2, 0.25) is 0 Å². The second-order valence-corrected chi connectivity index (χ2v) is 3.98. The number of pyridine rings is 1. The van der Waals surface area contributed by atoms with E-state index in [0.717, 1.165) is 12.1 Å². The second kappa shape index (κ2) is 5.56. The molecule has 4 nitrogen and oxygen atoms in total. The summed E-state index contributed by atoms with van der Waals surface area (Å²) >= 11 is 0. The lowest BCUT2D eigenvalue weighted by atomic mass is 10.0. The first-order valence-electron chi connectivity index (χ1n) is 5.22. The van der Waals surface area contributed by atoms with E-state index in [0.29, 0.717) is 11.7 Å². The highest BCUT2D eigenvalue weighted by Crippen LogP contribution is 2.14. The first kappa shape index (κ1) is 11.8. The fourth-order valence-corrected chi connectivity index (χ4v) is 1.42. The average Bonchev–Trinajstić information content (AvgIpc) is 2.20. The van der Waals surface area contributed by atoms with Gasteiger partial charge in [0, 0.05) is 12.6 Å². The van der Waals surface area contributed by atoms with E-state index >= 15 is 0 Å². The Labute approximate surface area is 90.5 Å². The largest absolute Gasteiger partial charge is 0.396 e. The fourth-order valence-electron chi connectivity index (χ4n) is 1.42. The van der Waals surface area contributed by atoms with Gasteiger partial charge in [-0.05, 0) is 24.5 Å². The third kappa shape index (κ3) is 3.75. The molecular weight excluding hydrogens is 190 g/mol. The van der Waals surface area contributed by atoms with Crippen molar-refractivity contribution < 1.29 is 5.11 Å². The molecule has 0 aliphatic carbocycles. The molecule has 1 aromatic heterocycles. The van der Waals surface area contributed by atoms with Crippen LogP contribution in [0.3, 0.4) is 0 Å². The molecule has 0 saturated heterocycles. The van der Waals surface area contributed by atoms with Gasteiger partial charge in [-0.1, -0.05) is 13.8 Å². The van der Waals surface area contributed by atoms with Gasteiger partial charge in [-0.2, -0.15) is 0 Å². The van der Waals surface area contributed by atoms with Gasteiger partial charge >= 0.3 is 0 Å². The van der Waals surface area contributed by atoms with Crippen LogP contribution in [0.4, 0.5) is 11.5 Å². The lowest BCUT2D eigenvalue weighted by Gasteiger charge is -2.22. The summed E-state index contributed by atoms with van der Waals surface area (Å²) in [5.41, 5.74) is 6.44. The molecule has 1 atom stereocenters. The number of aliphatic hydroxyl groups is 1. The summed E-state index contributed by atoms with van der Waals surface area (Å²) in [7, 11) is 0. The summed E-state index contributed by atoms with van der Waals surface area (Å²) in [5, 5.41) is 12.3. The molecule has 4 heteroatoms. The highest BCUT2D eigenvalue weighted by molar-refractivity contribution is 5.46. The molecule has 0 spiro atoms. The molecule has 0 amide bonds. The monoisotopic (exact) mass is 209 g/mol. The van der Waals surface area contributed by atoms with Crippen molar-refractivity contribution in [2.45, 2.75) is 26.3 Å². The predicted octanol–water partition coefficient (Wildman–Crippen LogP) is 1.48. The molecule has 0 aromatic carbocycles. The number of nitrogens with two attached hydrogens (primary N) is 1. The Kier molecular flexibility index (Phi) is 4.37. The maximum Gasteiger partial charge on any atom is 0.123 e. The predicted molar refractivity (Wildman–Crippen MR) is 62.6 cm³/mol. The van der Waals surface area contributed by atoms with Crippen molar-refractivity contribution in [2.75, 3.05) is 17.7 Å². The smallest absolute Gasteiger partial charge is 0.123 e. The van der Waals surface area contributed by atoms with Crippen LogP contribution in [0.5, 0.6) is 0 Å². The molecule has 0 aliphatic heterocycles. The van der Waals surface area contributed by atoms with Crippen molar-refractivity contribution in [1.29, 1.82) is 0 Å². The van der Waals surface area contributed by atoms with Gasteiger partial charge in [0.05, 0.1) is 11.9 Å². The Morgan fingerprint density at radius 2 is 2.20 bits per heavy atom. The number of hydrogen-bond donors (Lipinski definition) is 3. The van der Waals surface area contributed by atoms with Crippen LogP contribution in [0, 0.1) is 5.92 Å². The van der Waals surface area contributed by atoms with Crippen LogP contribution in [-0.4, -0.2) is 22.7 Å². The van der Waals surface area contributed by atoms with Gasteiger partial charge in [0.1, 0.15) is 5.82 Å². The Bertz CT molecular complexity index is 284. The lowest BCUT2D eigenvalue weighted by molar-refractivity contribution is 0.267. The zero-order chi connectivity index (χ0) is 11.3. The van der Waals surface area contributed by atoms with E-state index in [-0.39, 0.29) is 12.6 Å². The van der Waals surface area contributed by atoms with E-state index in [1.807, 2.05) is 6.07 Å². The molecule has 1 aromatic rings. The number of rotatable bonds is 5. The van der Waals surface area contributed by atoms with Gasteiger partial charge in [-0.25, -0.2) is 4.98 Å². The van der Waals surface area contributed by atoms with Crippen LogP contribution in [0.2, 0.25) is 0 Å². The molecule has 4 N–H and O–H groups in total. The lowest BCUT2D eigenvalue weighted by Crippen LogP contribution is -2.26. The van der Waals surface area contributed by atoms with Crippen molar-refractivity contribution in [3.8, 4) is 0 Å². The highest BCUT2D eigenvalue weighted by Gasteiger charge is 2.12.